The molecular weight excluding hydrogens is 524 g/mol. The minimum atomic E-state index is -0.478. The number of methoxy groups -OCH3 is 1. The van der Waals surface area contributed by atoms with Gasteiger partial charge in [0.25, 0.3) is 0 Å². The van der Waals surface area contributed by atoms with Crippen LogP contribution in [0.5, 0.6) is 0 Å². The van der Waals surface area contributed by atoms with Gasteiger partial charge in [-0.15, -0.1) is 0 Å². The number of ether oxygens (including phenoxy) is 3. The molecule has 3 aromatic rings. The van der Waals surface area contributed by atoms with Crippen molar-refractivity contribution in [3.63, 3.8) is 0 Å². The molecule has 2 amide bonds. The largest absolute Gasteiger partial charge is 0.465 e. The first-order valence-corrected chi connectivity index (χ1v) is 14.4. The number of aryl methyl sites for hydroxylation is 1. The van der Waals surface area contributed by atoms with Gasteiger partial charge in [0.2, 0.25) is 5.95 Å². The fraction of sp³-hybridized carbons (Fsp3) is 0.533. The average molecular weight is 567 g/mol. The van der Waals surface area contributed by atoms with Gasteiger partial charge in [-0.25, -0.2) is 19.6 Å². The number of hydrogen-bond acceptors (Lipinski definition) is 8. The number of aromatic nitrogens is 3. The van der Waals surface area contributed by atoms with E-state index in [1.165, 1.54) is 30.5 Å². The molecule has 0 bridgehead atoms. The van der Waals surface area contributed by atoms with E-state index < -0.39 is 12.3 Å². The predicted octanol–water partition coefficient (Wildman–Crippen LogP) is 3.92. The van der Waals surface area contributed by atoms with E-state index in [9.17, 15) is 9.59 Å². The molecule has 222 valence electrons. The summed E-state index contributed by atoms with van der Waals surface area (Å²) in [5.74, 6) is 0.444. The molecule has 1 aliphatic rings. The van der Waals surface area contributed by atoms with E-state index in [2.05, 4.69) is 44.2 Å². The van der Waals surface area contributed by atoms with Crippen molar-refractivity contribution >= 4 is 28.9 Å². The molecule has 2 N–H and O–H groups in total. The lowest BCUT2D eigenvalue weighted by Crippen LogP contribution is -2.49. The number of rotatable bonds is 13. The first kappa shape index (κ1) is 30.3. The number of urea groups is 1. The summed E-state index contributed by atoms with van der Waals surface area (Å²) in [4.78, 5) is 41.2. The molecule has 11 nitrogen and oxygen atoms in total. The Kier molecular flexibility index (Phi) is 10.9. The number of amides is 2. The second kappa shape index (κ2) is 14.8. The number of fused-ring (bicyclic) bond motifs is 1. The Balaban J connectivity index is 1.36. The van der Waals surface area contributed by atoms with Crippen molar-refractivity contribution in [2.24, 2.45) is 5.92 Å². The topological polar surface area (TPSA) is 122 Å². The molecule has 1 aliphatic heterocycles. The maximum Gasteiger partial charge on any atom is 0.341 e. The van der Waals surface area contributed by atoms with E-state index in [-0.39, 0.29) is 6.03 Å². The first-order valence-electron chi connectivity index (χ1n) is 14.4. The Bertz CT molecular complexity index is 1270. The summed E-state index contributed by atoms with van der Waals surface area (Å²) in [6.07, 6.45) is 5.01. The van der Waals surface area contributed by atoms with Crippen molar-refractivity contribution in [2.75, 3.05) is 57.9 Å². The number of carbonyl (C=O) groups is 2. The monoisotopic (exact) mass is 566 g/mol. The molecule has 1 fully saturated rings. The van der Waals surface area contributed by atoms with Crippen LogP contribution in [0.2, 0.25) is 0 Å². The first-order chi connectivity index (χ1) is 19.9. The molecule has 0 unspecified atom stereocenters. The van der Waals surface area contributed by atoms with Gasteiger partial charge in [-0.05, 0) is 57.6 Å². The summed E-state index contributed by atoms with van der Waals surface area (Å²) in [7, 11) is 1.33. The maximum atomic E-state index is 13.5. The molecule has 3 heterocycles. The average Bonchev–Trinajstić information content (AvgIpc) is 3.31. The summed E-state index contributed by atoms with van der Waals surface area (Å²) >= 11 is 0. The normalized spacial score (nSPS) is 14.0. The molecule has 0 aliphatic carbocycles. The zero-order valence-corrected chi connectivity index (χ0v) is 24.5. The lowest BCUT2D eigenvalue weighted by atomic mass is 9.96. The number of anilines is 1. The van der Waals surface area contributed by atoms with Gasteiger partial charge in [-0.1, -0.05) is 18.2 Å². The second-order valence-corrected chi connectivity index (χ2v) is 10.2. The third-order valence-corrected chi connectivity index (χ3v) is 7.48. The number of carbonyl (C=O) groups excluding carboxylic acids is 2. The van der Waals surface area contributed by atoms with Crippen molar-refractivity contribution in [1.82, 2.24) is 25.2 Å². The zero-order valence-electron chi connectivity index (χ0n) is 24.5. The molecule has 4 rings (SSSR count). The van der Waals surface area contributed by atoms with Crippen molar-refractivity contribution < 1.29 is 23.8 Å². The van der Waals surface area contributed by atoms with Crippen molar-refractivity contribution in [3.05, 3.63) is 53.5 Å². The van der Waals surface area contributed by atoms with Crippen LogP contribution in [0, 0.1) is 12.8 Å². The Morgan fingerprint density at radius 1 is 1.12 bits per heavy atom. The molecule has 1 saturated heterocycles. The van der Waals surface area contributed by atoms with Gasteiger partial charge in [0.05, 0.1) is 19.2 Å². The Labute approximate surface area is 241 Å². The smallest absolute Gasteiger partial charge is 0.341 e. The fourth-order valence-corrected chi connectivity index (χ4v) is 5.34. The summed E-state index contributed by atoms with van der Waals surface area (Å²) < 4.78 is 16.3. The zero-order chi connectivity index (χ0) is 29.2. The molecule has 0 radical (unpaired) electrons. The van der Waals surface area contributed by atoms with Crippen LogP contribution in [0.3, 0.4) is 0 Å². The summed E-state index contributed by atoms with van der Waals surface area (Å²) in [5, 5.41) is 4.33. The SMILES string of the molecule is CCOC(CN(CC1CCN(c2ncc(C(=O)OC)cn2)CC1)C(=O)NCCc1c(C)[nH]c2ccccc12)OCC. The third-order valence-electron chi connectivity index (χ3n) is 7.48. The Morgan fingerprint density at radius 2 is 1.80 bits per heavy atom. The van der Waals surface area contributed by atoms with Gasteiger partial charge in [0, 0.05) is 68.4 Å². The highest BCUT2D eigenvalue weighted by molar-refractivity contribution is 5.88. The molecule has 11 heteroatoms. The van der Waals surface area contributed by atoms with Crippen LogP contribution >= 0.6 is 0 Å². The van der Waals surface area contributed by atoms with Crippen molar-refractivity contribution in [1.29, 1.82) is 0 Å². The molecule has 0 spiro atoms. The van der Waals surface area contributed by atoms with Gasteiger partial charge >= 0.3 is 12.0 Å². The quantitative estimate of drug-likeness (QED) is 0.236. The van der Waals surface area contributed by atoms with Crippen LogP contribution in [0.15, 0.2) is 36.7 Å². The molecule has 0 atom stereocenters. The van der Waals surface area contributed by atoms with Gasteiger partial charge in [0.15, 0.2) is 6.29 Å². The highest BCUT2D eigenvalue weighted by Gasteiger charge is 2.27. The number of benzene rings is 1. The number of esters is 1. The molecular formula is C30H42N6O5. The van der Waals surface area contributed by atoms with Crippen LogP contribution in [0.4, 0.5) is 10.7 Å². The van der Waals surface area contributed by atoms with Gasteiger partial charge in [-0.3, -0.25) is 0 Å². The summed E-state index contributed by atoms with van der Waals surface area (Å²) in [6.45, 7) is 9.95. The minimum absolute atomic E-state index is 0.115. The van der Waals surface area contributed by atoms with Gasteiger partial charge < -0.3 is 34.3 Å². The van der Waals surface area contributed by atoms with Crippen LogP contribution in [-0.2, 0) is 20.6 Å². The van der Waals surface area contributed by atoms with Gasteiger partial charge in [-0.2, -0.15) is 0 Å². The van der Waals surface area contributed by atoms with Crippen LogP contribution in [0.1, 0.15) is 48.3 Å². The van der Waals surface area contributed by atoms with E-state index in [4.69, 9.17) is 14.2 Å². The second-order valence-electron chi connectivity index (χ2n) is 10.2. The summed E-state index contributed by atoms with van der Waals surface area (Å²) in [5.41, 5.74) is 3.79. The van der Waals surface area contributed by atoms with E-state index in [0.717, 1.165) is 43.6 Å². The highest BCUT2D eigenvalue weighted by Crippen LogP contribution is 2.23. The minimum Gasteiger partial charge on any atom is -0.465 e. The highest BCUT2D eigenvalue weighted by atomic mass is 16.7. The number of para-hydroxylation sites is 1. The van der Waals surface area contributed by atoms with E-state index in [0.29, 0.717) is 50.3 Å². The summed E-state index contributed by atoms with van der Waals surface area (Å²) in [6, 6.07) is 8.13. The molecule has 0 saturated carbocycles. The standard InChI is InChI=1S/C30H42N6O5/c1-5-40-27(41-6-2)20-36(30(38)31-14-11-24-21(3)34-26-10-8-7-9-25(24)26)19-22-12-15-35(16-13-22)29-32-17-23(18-33-29)28(37)39-4/h7-10,17-18,22,27,34H,5-6,11-16,19-20H2,1-4H3,(H,31,38). The molecule has 2 aromatic heterocycles. The van der Waals surface area contributed by atoms with E-state index >= 15 is 0 Å². The Morgan fingerprint density at radius 3 is 2.46 bits per heavy atom. The van der Waals surface area contributed by atoms with E-state index in [1.54, 1.807) is 0 Å². The number of H-pyrrole nitrogens is 1. The number of nitrogens with one attached hydrogen (secondary N) is 2. The van der Waals surface area contributed by atoms with Crippen LogP contribution < -0.4 is 10.2 Å². The number of aromatic amines is 1. The Hall–Kier alpha value is -3.70. The molecule has 41 heavy (non-hydrogen) atoms. The van der Waals surface area contributed by atoms with Crippen LogP contribution in [-0.4, -0.2) is 91.2 Å². The van der Waals surface area contributed by atoms with Crippen molar-refractivity contribution in [3.8, 4) is 0 Å². The predicted molar refractivity (Wildman–Crippen MR) is 157 cm³/mol. The number of piperidine rings is 1. The van der Waals surface area contributed by atoms with Crippen molar-refractivity contribution in [2.45, 2.75) is 46.3 Å². The fourth-order valence-electron chi connectivity index (χ4n) is 5.34. The number of hydrogen-bond donors (Lipinski definition) is 2. The third kappa shape index (κ3) is 7.95. The lowest BCUT2D eigenvalue weighted by Gasteiger charge is -2.36. The van der Waals surface area contributed by atoms with Crippen LogP contribution in [0.25, 0.3) is 10.9 Å². The number of nitrogens with zero attached hydrogens (tertiary/aromatic N) is 4. The van der Waals surface area contributed by atoms with Gasteiger partial charge in [0.1, 0.15) is 0 Å². The molecule has 1 aromatic carbocycles. The van der Waals surface area contributed by atoms with E-state index in [1.807, 2.05) is 30.9 Å². The maximum absolute atomic E-state index is 13.5. The lowest BCUT2D eigenvalue weighted by molar-refractivity contribution is -0.143.